The lowest BCUT2D eigenvalue weighted by molar-refractivity contribution is 0.101. The maximum atomic E-state index is 12.5. The molecule has 0 atom stereocenters. The predicted octanol–water partition coefficient (Wildman–Crippen LogP) is 4.12. The maximum absolute atomic E-state index is 12.5. The minimum atomic E-state index is -0.171. The lowest BCUT2D eigenvalue weighted by Gasteiger charge is -1.95. The second-order valence-corrected chi connectivity index (χ2v) is 5.61. The third-order valence-electron chi connectivity index (χ3n) is 2.95. The van der Waals surface area contributed by atoms with Crippen LogP contribution in [-0.4, -0.2) is 15.4 Å². The molecule has 0 fully saturated rings. The van der Waals surface area contributed by atoms with Crippen molar-refractivity contribution in [3.8, 4) is 0 Å². The minimum absolute atomic E-state index is 0.171. The summed E-state index contributed by atoms with van der Waals surface area (Å²) in [5.41, 5.74) is 1.38. The molecule has 0 bridgehead atoms. The highest BCUT2D eigenvalue weighted by atomic mass is 35.5. The second-order valence-electron chi connectivity index (χ2n) is 4.42. The number of nitrogens with zero attached hydrogens (tertiary/aromatic N) is 2. The highest BCUT2D eigenvalue weighted by Crippen LogP contribution is 2.26. The normalized spacial score (nSPS) is 11.1. The Morgan fingerprint density at radius 2 is 2.25 bits per heavy atom. The van der Waals surface area contributed by atoms with Gasteiger partial charge in [0, 0.05) is 10.4 Å². The average molecular weight is 307 g/mol. The van der Waals surface area contributed by atoms with E-state index in [4.69, 9.17) is 16.0 Å². The molecule has 102 valence electrons. The van der Waals surface area contributed by atoms with E-state index in [0.29, 0.717) is 21.2 Å². The highest BCUT2D eigenvalue weighted by molar-refractivity contribution is 7.08. The Labute approximate surface area is 124 Å². The molecule has 0 aliphatic carbocycles. The van der Waals surface area contributed by atoms with E-state index in [1.54, 1.807) is 24.3 Å². The molecular formula is C14H11ClN2O2S. The summed E-state index contributed by atoms with van der Waals surface area (Å²) in [6.45, 7) is 2.04. The first kappa shape index (κ1) is 13.3. The largest absolute Gasteiger partial charge is 0.453 e. The first-order valence-electron chi connectivity index (χ1n) is 6.24. The molecule has 2 aromatic heterocycles. The Bertz CT molecular complexity index is 778. The van der Waals surface area contributed by atoms with E-state index in [0.717, 1.165) is 35.5 Å². The summed E-state index contributed by atoms with van der Waals surface area (Å²) in [7, 11) is 0. The molecule has 0 aliphatic heterocycles. The first-order chi connectivity index (χ1) is 9.69. The molecule has 0 amide bonds. The maximum Gasteiger partial charge on any atom is 0.241 e. The van der Waals surface area contributed by atoms with E-state index in [1.165, 1.54) is 0 Å². The standard InChI is InChI=1S/C14H11ClN2O2S/c1-2-3-10-14(20-17-16-10)13(18)12-7-8-6-9(15)4-5-11(8)19-12/h4-7H,2-3H2,1H3. The van der Waals surface area contributed by atoms with E-state index in [-0.39, 0.29) is 5.78 Å². The van der Waals surface area contributed by atoms with E-state index < -0.39 is 0 Å². The fourth-order valence-electron chi connectivity index (χ4n) is 2.02. The van der Waals surface area contributed by atoms with Gasteiger partial charge in [0.25, 0.3) is 0 Å². The second kappa shape index (κ2) is 5.34. The summed E-state index contributed by atoms with van der Waals surface area (Å²) in [5.74, 6) is 0.126. The van der Waals surface area contributed by atoms with Crippen molar-refractivity contribution < 1.29 is 9.21 Å². The van der Waals surface area contributed by atoms with Gasteiger partial charge in [-0.05, 0) is 42.2 Å². The van der Waals surface area contributed by atoms with Crippen molar-refractivity contribution in [2.45, 2.75) is 19.8 Å². The minimum Gasteiger partial charge on any atom is -0.453 e. The zero-order chi connectivity index (χ0) is 14.1. The van der Waals surface area contributed by atoms with Gasteiger partial charge < -0.3 is 4.42 Å². The van der Waals surface area contributed by atoms with Crippen LogP contribution in [0.1, 0.15) is 34.5 Å². The first-order valence-corrected chi connectivity index (χ1v) is 7.39. The molecule has 0 radical (unpaired) electrons. The molecule has 20 heavy (non-hydrogen) atoms. The SMILES string of the molecule is CCCc1nnsc1C(=O)c1cc2cc(Cl)ccc2o1. The van der Waals surface area contributed by atoms with Gasteiger partial charge in [0.05, 0.1) is 5.69 Å². The number of furan rings is 1. The summed E-state index contributed by atoms with van der Waals surface area (Å²) in [6.07, 6.45) is 1.66. The number of ketones is 1. The van der Waals surface area contributed by atoms with E-state index in [1.807, 2.05) is 6.92 Å². The number of rotatable bonds is 4. The van der Waals surface area contributed by atoms with Crippen LogP contribution in [0.3, 0.4) is 0 Å². The number of aryl methyl sites for hydroxylation is 1. The lowest BCUT2D eigenvalue weighted by Crippen LogP contribution is -2.01. The van der Waals surface area contributed by atoms with Crippen LogP contribution in [0.25, 0.3) is 11.0 Å². The topological polar surface area (TPSA) is 56.0 Å². The Hall–Kier alpha value is -1.72. The van der Waals surface area contributed by atoms with E-state index in [2.05, 4.69) is 9.59 Å². The van der Waals surface area contributed by atoms with Crippen LogP contribution in [-0.2, 0) is 6.42 Å². The van der Waals surface area contributed by atoms with Crippen molar-refractivity contribution in [2.75, 3.05) is 0 Å². The molecule has 2 heterocycles. The van der Waals surface area contributed by atoms with Crippen LogP contribution in [0.15, 0.2) is 28.7 Å². The Kier molecular flexibility index (Phi) is 3.54. The number of hydrogen-bond donors (Lipinski definition) is 0. The fourth-order valence-corrected chi connectivity index (χ4v) is 2.85. The summed E-state index contributed by atoms with van der Waals surface area (Å²) in [5, 5.41) is 5.43. The molecule has 0 aliphatic rings. The van der Waals surface area contributed by atoms with Crippen molar-refractivity contribution in [1.29, 1.82) is 0 Å². The van der Waals surface area contributed by atoms with Gasteiger partial charge in [-0.15, -0.1) is 5.10 Å². The third kappa shape index (κ3) is 2.34. The molecule has 1 aromatic carbocycles. The van der Waals surface area contributed by atoms with Gasteiger partial charge in [-0.3, -0.25) is 4.79 Å². The number of halogens is 1. The molecule has 0 unspecified atom stereocenters. The average Bonchev–Trinajstić information content (AvgIpc) is 3.04. The van der Waals surface area contributed by atoms with E-state index >= 15 is 0 Å². The molecule has 0 saturated heterocycles. The lowest BCUT2D eigenvalue weighted by atomic mass is 10.1. The Morgan fingerprint density at radius 3 is 3.05 bits per heavy atom. The monoisotopic (exact) mass is 306 g/mol. The van der Waals surface area contributed by atoms with Crippen LogP contribution in [0.4, 0.5) is 0 Å². The zero-order valence-electron chi connectivity index (χ0n) is 10.7. The zero-order valence-corrected chi connectivity index (χ0v) is 12.3. The van der Waals surface area contributed by atoms with Crippen molar-refractivity contribution in [2.24, 2.45) is 0 Å². The molecule has 6 heteroatoms. The fraction of sp³-hybridized carbons (Fsp3) is 0.214. The number of fused-ring (bicyclic) bond motifs is 1. The van der Waals surface area contributed by atoms with Crippen LogP contribution in [0.2, 0.25) is 5.02 Å². The predicted molar refractivity (Wildman–Crippen MR) is 78.6 cm³/mol. The van der Waals surface area contributed by atoms with Gasteiger partial charge in [0.1, 0.15) is 10.5 Å². The summed E-state index contributed by atoms with van der Waals surface area (Å²) in [4.78, 5) is 13.0. The molecule has 0 N–H and O–H groups in total. The van der Waals surface area contributed by atoms with Crippen molar-refractivity contribution >= 4 is 39.9 Å². The van der Waals surface area contributed by atoms with Crippen LogP contribution in [0, 0.1) is 0 Å². The van der Waals surface area contributed by atoms with Gasteiger partial charge in [0.15, 0.2) is 5.76 Å². The van der Waals surface area contributed by atoms with E-state index in [9.17, 15) is 4.79 Å². The van der Waals surface area contributed by atoms with Gasteiger partial charge in [0.2, 0.25) is 5.78 Å². The molecule has 0 saturated carbocycles. The number of aromatic nitrogens is 2. The molecule has 4 nitrogen and oxygen atoms in total. The molecule has 0 spiro atoms. The van der Waals surface area contributed by atoms with Gasteiger partial charge in [-0.25, -0.2) is 0 Å². The quantitative estimate of drug-likeness (QED) is 0.680. The van der Waals surface area contributed by atoms with Crippen molar-refractivity contribution in [3.63, 3.8) is 0 Å². The van der Waals surface area contributed by atoms with Crippen LogP contribution >= 0.6 is 23.1 Å². The van der Waals surface area contributed by atoms with Crippen molar-refractivity contribution in [3.05, 3.63) is 45.6 Å². The molecule has 3 aromatic rings. The Morgan fingerprint density at radius 1 is 1.40 bits per heavy atom. The summed E-state index contributed by atoms with van der Waals surface area (Å²) < 4.78 is 9.45. The number of benzene rings is 1. The van der Waals surface area contributed by atoms with Gasteiger partial charge >= 0.3 is 0 Å². The molecular weight excluding hydrogens is 296 g/mol. The highest BCUT2D eigenvalue weighted by Gasteiger charge is 2.21. The Balaban J connectivity index is 2.01. The third-order valence-corrected chi connectivity index (χ3v) is 3.95. The number of carbonyl (C=O) groups is 1. The van der Waals surface area contributed by atoms with Gasteiger partial charge in [-0.2, -0.15) is 0 Å². The van der Waals surface area contributed by atoms with Crippen molar-refractivity contribution in [1.82, 2.24) is 9.59 Å². The summed E-state index contributed by atoms with van der Waals surface area (Å²) >= 11 is 7.04. The smallest absolute Gasteiger partial charge is 0.241 e. The van der Waals surface area contributed by atoms with Gasteiger partial charge in [-0.1, -0.05) is 29.4 Å². The number of carbonyl (C=O) groups excluding carboxylic acids is 1. The number of hydrogen-bond acceptors (Lipinski definition) is 5. The van der Waals surface area contributed by atoms with Crippen LogP contribution in [0.5, 0.6) is 0 Å². The summed E-state index contributed by atoms with van der Waals surface area (Å²) in [6, 6.07) is 6.97. The van der Waals surface area contributed by atoms with Crippen LogP contribution < -0.4 is 0 Å². The molecule has 3 rings (SSSR count).